The summed E-state index contributed by atoms with van der Waals surface area (Å²) in [5.74, 6) is -2.28. The lowest BCUT2D eigenvalue weighted by Crippen LogP contribution is -2.66. The molecule has 43 atom stereocenters. The number of nitrogens with zero attached hydrogens (tertiary/aromatic N) is 2. The van der Waals surface area contributed by atoms with Crippen LogP contribution in [0, 0.1) is 0 Å². The van der Waals surface area contributed by atoms with Crippen molar-refractivity contribution in [3.8, 4) is 0 Å². The monoisotopic (exact) mass is 1590 g/mol. The van der Waals surface area contributed by atoms with Crippen molar-refractivity contribution >= 4 is 0 Å². The molecular formula is C62H110N2O44. The molecule has 0 aliphatic carbocycles. The van der Waals surface area contributed by atoms with Gasteiger partial charge in [-0.05, 0) is 41.8 Å². The van der Waals surface area contributed by atoms with Crippen molar-refractivity contribution in [1.82, 2.24) is 9.80 Å². The molecule has 0 aromatic rings. The molecule has 9 heterocycles. The number of aliphatic hydroxyl groups is 27. The number of fused-ring (bicyclic) bond motifs is 3. The number of hydrogen-bond acceptors (Lipinski definition) is 46. The van der Waals surface area contributed by atoms with Crippen molar-refractivity contribution < 1.29 is 218 Å². The van der Waals surface area contributed by atoms with Crippen molar-refractivity contribution in [2.45, 2.75) is 303 Å². The highest BCUT2D eigenvalue weighted by Crippen LogP contribution is 2.45. The third-order valence-electron chi connectivity index (χ3n) is 20.3. The minimum absolute atomic E-state index is 0.442. The summed E-state index contributed by atoms with van der Waals surface area (Å²) in [6, 6.07) is 0. The van der Waals surface area contributed by atoms with Gasteiger partial charge < -0.3 is 228 Å². The molecule has 46 nitrogen and oxygen atoms in total. The predicted octanol–water partition coefficient (Wildman–Crippen LogP) is -17.9. The Morgan fingerprint density at radius 3 is 1.02 bits per heavy atom. The Morgan fingerprint density at radius 2 is 0.611 bits per heavy atom. The fraction of sp³-hybridized carbons (Fsp3) is 1.00. The lowest BCUT2D eigenvalue weighted by molar-refractivity contribution is -0.360. The molecule has 0 aromatic carbocycles. The van der Waals surface area contributed by atoms with Crippen molar-refractivity contribution in [3.05, 3.63) is 0 Å². The Bertz CT molecular complexity index is 2710. The first-order valence-electron chi connectivity index (χ1n) is 35.2. The predicted molar refractivity (Wildman–Crippen MR) is 338 cm³/mol. The smallest absolute Gasteiger partial charge is 0.190 e. The van der Waals surface area contributed by atoms with Crippen molar-refractivity contribution in [1.29, 1.82) is 0 Å². The van der Waals surface area contributed by atoms with Gasteiger partial charge in [-0.25, -0.2) is 0 Å². The van der Waals surface area contributed by atoms with E-state index in [1.165, 1.54) is 23.9 Å². The highest BCUT2D eigenvalue weighted by atomic mass is 16.9. The Kier molecular flexibility index (Phi) is 31.7. The maximum atomic E-state index is 12.0. The second kappa shape index (κ2) is 38.1. The maximum Gasteiger partial charge on any atom is 0.190 e. The van der Waals surface area contributed by atoms with E-state index in [0.29, 0.717) is 0 Å². The summed E-state index contributed by atoms with van der Waals surface area (Å²) in [5, 5.41) is 291. The van der Waals surface area contributed by atoms with E-state index in [1.54, 1.807) is 27.7 Å². The van der Waals surface area contributed by atoms with Crippen LogP contribution >= 0.6 is 0 Å². The van der Waals surface area contributed by atoms with Crippen molar-refractivity contribution in [2.75, 3.05) is 86.5 Å². The molecule has 9 rings (SSSR count). The van der Waals surface area contributed by atoms with Gasteiger partial charge in [0.1, 0.15) is 208 Å². The Hall–Kier alpha value is -1.84. The zero-order valence-corrected chi connectivity index (χ0v) is 59.5. The van der Waals surface area contributed by atoms with Gasteiger partial charge in [-0.2, -0.15) is 0 Å². The van der Waals surface area contributed by atoms with Gasteiger partial charge in [-0.15, -0.1) is 0 Å². The van der Waals surface area contributed by atoms with Gasteiger partial charge in [-0.3, -0.25) is 0 Å². The quantitative estimate of drug-likeness (QED) is 0.0290. The third-order valence-corrected chi connectivity index (χ3v) is 20.3. The fourth-order valence-electron chi connectivity index (χ4n) is 14.2. The molecule has 9 aliphatic heterocycles. The van der Waals surface area contributed by atoms with Crippen molar-refractivity contribution in [3.63, 3.8) is 0 Å². The molecular weight excluding hydrogens is 1480 g/mol. The van der Waals surface area contributed by atoms with Crippen LogP contribution in [-0.4, -0.2) is 510 Å². The van der Waals surface area contributed by atoms with E-state index in [4.69, 9.17) is 80.5 Å². The van der Waals surface area contributed by atoms with Crippen LogP contribution in [0.25, 0.3) is 0 Å². The molecule has 0 radical (unpaired) electrons. The number of likely N-dealkylation sites (N-methyl/N-ethyl adjacent to an activating group) is 2. The molecule has 632 valence electrons. The van der Waals surface area contributed by atoms with E-state index in [9.17, 15) is 138 Å². The molecule has 46 heteroatoms. The summed E-state index contributed by atoms with van der Waals surface area (Å²) in [4.78, 5) is 2.44. The normalized spacial score (nSPS) is 46.5. The summed E-state index contributed by atoms with van der Waals surface area (Å²) < 4.78 is 98.7. The standard InChI is InChI=1S/C62H110N2O44/c1-61(2)105-51-28(101-60-53(52(51)106-61)107-62(3,4)108-60)17-94-56-45(89)39(83)48(23(96-56)10-64(6)8-19(70)30(74)32(76)21(72)16-93-55-47(91)41(85)50(27(14-68)100-55)104-59-44(88)38(82)35(79)25(12-66)98-59)102-57-42(86)36(80)33(77)22(95-57)9-63(5)7-18(69)29(73)31(75)20(71)15-92-54-46(90)40(84)49(26(13-67)99-54)103-58-43(87)37(81)34(78)24(11-65)97-58/h18-60,65-91H,7-17H2,1-6H3/t18-,19-,20+,21+,22+,23+,24+,25+,26+,27+,28+,29+,30+,31-,32-,33+,34-,35-,36-,37-,38-,39+,40+,41+,42+,43+,44+,45+,46+,47+,48+,49+,50+,51-,52-,53+,54+,55+,56+,57-,58-,59-,60+/m0/s1. The first kappa shape index (κ1) is 90.1. The van der Waals surface area contributed by atoms with Crippen LogP contribution in [0.5, 0.6) is 0 Å². The van der Waals surface area contributed by atoms with E-state index < -0.39 is 348 Å². The molecule has 9 aliphatic rings. The van der Waals surface area contributed by atoms with Crippen LogP contribution in [0.15, 0.2) is 0 Å². The van der Waals surface area contributed by atoms with Crippen LogP contribution in [0.3, 0.4) is 0 Å². The summed E-state index contributed by atoms with van der Waals surface area (Å²) in [6.45, 7) is -1.64. The van der Waals surface area contributed by atoms with Gasteiger partial charge in [0.2, 0.25) is 0 Å². The second-order valence-corrected chi connectivity index (χ2v) is 29.5. The van der Waals surface area contributed by atoms with Crippen LogP contribution in [0.4, 0.5) is 0 Å². The lowest BCUT2D eigenvalue weighted by Gasteiger charge is -2.47. The van der Waals surface area contributed by atoms with Gasteiger partial charge in [0.05, 0.1) is 58.5 Å². The number of ether oxygens (including phenoxy) is 17. The number of hydrogen-bond donors (Lipinski definition) is 27. The van der Waals surface area contributed by atoms with E-state index in [-0.39, 0.29) is 0 Å². The average Bonchev–Trinajstić information content (AvgIpc) is 1.57. The summed E-state index contributed by atoms with van der Waals surface area (Å²) in [6.07, 6.45) is -77.2. The fourth-order valence-corrected chi connectivity index (χ4v) is 14.2. The van der Waals surface area contributed by atoms with Crippen LogP contribution in [-0.2, 0) is 80.5 Å². The van der Waals surface area contributed by atoms with E-state index >= 15 is 0 Å². The minimum atomic E-state index is -2.27. The van der Waals surface area contributed by atoms with E-state index in [1.807, 2.05) is 0 Å². The molecule has 9 fully saturated rings. The van der Waals surface area contributed by atoms with Gasteiger partial charge in [0, 0.05) is 26.2 Å². The molecule has 27 N–H and O–H groups in total. The number of aliphatic hydroxyl groups excluding tert-OH is 27. The second-order valence-electron chi connectivity index (χ2n) is 29.5. The molecule has 0 aromatic heterocycles. The molecule has 0 bridgehead atoms. The maximum absolute atomic E-state index is 12.0. The Morgan fingerprint density at radius 1 is 0.306 bits per heavy atom. The number of rotatable bonds is 33. The topological polar surface area (TPSA) is 710 Å². The van der Waals surface area contributed by atoms with Crippen LogP contribution in [0.2, 0.25) is 0 Å². The zero-order chi connectivity index (χ0) is 79.8. The summed E-state index contributed by atoms with van der Waals surface area (Å²) in [5.41, 5.74) is 0. The highest BCUT2D eigenvalue weighted by Gasteiger charge is 2.62. The Labute approximate surface area is 616 Å². The molecule has 0 saturated carbocycles. The first-order chi connectivity index (χ1) is 50.7. The van der Waals surface area contributed by atoms with Gasteiger partial charge in [0.25, 0.3) is 0 Å². The Balaban J connectivity index is 0.815. The van der Waals surface area contributed by atoms with Gasteiger partial charge >= 0.3 is 0 Å². The lowest BCUT2D eigenvalue weighted by atomic mass is 9.95. The van der Waals surface area contributed by atoms with Crippen molar-refractivity contribution in [2.24, 2.45) is 0 Å². The van der Waals surface area contributed by atoms with Crippen LogP contribution < -0.4 is 0 Å². The molecule has 108 heavy (non-hydrogen) atoms. The molecule has 0 unspecified atom stereocenters. The van der Waals surface area contributed by atoms with Crippen LogP contribution in [0.1, 0.15) is 27.7 Å². The minimum Gasteiger partial charge on any atom is -0.394 e. The van der Waals surface area contributed by atoms with Gasteiger partial charge in [-0.1, -0.05) is 0 Å². The first-order valence-corrected chi connectivity index (χ1v) is 35.2. The highest BCUT2D eigenvalue weighted by molar-refractivity contribution is 5.03. The average molecular weight is 1590 g/mol. The molecule has 9 saturated heterocycles. The SMILES string of the molecule is CN(C[C@H](O)[C@@H](O)[C@@H](O)[C@H](O)CO[C@@H]1O[C@H](CO)[C@@H](O[C@@H]2O[C@H](CO)[C@H](O)[C@H](O)[C@H]2O)[C@H](O)[C@H]1O)C[C@H]1O[C@@H](O[C@H]2[C@H](O)[C@@H](O)[C@H](OC[C@H]3O[C@@H]4OC(C)(C)O[C@@H]4[C@H]4OC(C)(C)O[C@H]43)O[C@@H]2CN(C)C[C@H](O)[C@@H](O)[C@@H](O)[C@H](O)CO[C@@H]2O[C@H](CO)[C@@H](O[C@@H]3O[C@H](CO)[C@H](O)[C@H](O)[C@H]3O)[C@H](O)[C@H]2O)[C@H](O)[C@@H](O)[C@@H]1O. The molecule has 0 amide bonds. The zero-order valence-electron chi connectivity index (χ0n) is 59.5. The van der Waals surface area contributed by atoms with E-state index in [2.05, 4.69) is 0 Å². The molecule has 0 spiro atoms. The summed E-state index contributed by atoms with van der Waals surface area (Å²) in [7, 11) is 2.63. The van der Waals surface area contributed by atoms with Gasteiger partial charge in [0.15, 0.2) is 55.6 Å². The van der Waals surface area contributed by atoms with E-state index in [0.717, 1.165) is 0 Å². The largest absolute Gasteiger partial charge is 0.394 e. The third kappa shape index (κ3) is 20.4. The summed E-state index contributed by atoms with van der Waals surface area (Å²) >= 11 is 0.